The smallest absolute Gasteiger partial charge is 0.225 e. The summed E-state index contributed by atoms with van der Waals surface area (Å²) in [5.41, 5.74) is 1.09. The summed E-state index contributed by atoms with van der Waals surface area (Å²) in [6.07, 6.45) is 1.83. The third-order valence-corrected chi connectivity index (χ3v) is 5.58. The summed E-state index contributed by atoms with van der Waals surface area (Å²) in [6, 6.07) is 5.96. The molecule has 10 heteroatoms. The van der Waals surface area contributed by atoms with Crippen molar-refractivity contribution in [3.05, 3.63) is 39.2 Å². The molecule has 1 aliphatic heterocycles. The number of hydrogen-bond donors (Lipinski definition) is 1. The van der Waals surface area contributed by atoms with Crippen LogP contribution < -0.4 is 14.8 Å². The molecule has 0 spiro atoms. The second kappa shape index (κ2) is 10.5. The molecule has 2 heterocycles. The fourth-order valence-corrected chi connectivity index (χ4v) is 3.78. The highest BCUT2D eigenvalue weighted by Crippen LogP contribution is 2.31. The number of nitrogens with zero attached hydrogens (tertiary/aromatic N) is 3. The van der Waals surface area contributed by atoms with Crippen LogP contribution in [0.4, 0.5) is 10.2 Å². The lowest BCUT2D eigenvalue weighted by Crippen LogP contribution is -2.38. The molecule has 1 aromatic carbocycles. The van der Waals surface area contributed by atoms with Gasteiger partial charge in [0, 0.05) is 25.7 Å². The Kier molecular flexibility index (Phi) is 8.00. The first-order valence-electron chi connectivity index (χ1n) is 9.23. The molecule has 0 aliphatic carbocycles. The summed E-state index contributed by atoms with van der Waals surface area (Å²) in [4.78, 5) is 10.3. The molecule has 0 saturated carbocycles. The first kappa shape index (κ1) is 22.2. The van der Waals surface area contributed by atoms with E-state index in [9.17, 15) is 4.39 Å². The second-order valence-corrected chi connectivity index (χ2v) is 7.74. The van der Waals surface area contributed by atoms with Gasteiger partial charge in [-0.3, -0.25) is 4.90 Å². The Morgan fingerprint density at radius 2 is 1.93 bits per heavy atom. The molecule has 2 aromatic rings. The van der Waals surface area contributed by atoms with Crippen LogP contribution in [0.1, 0.15) is 18.4 Å². The number of nitrogens with one attached hydrogen (secondary N) is 1. The minimum atomic E-state index is -0.541. The SMILES string of the molecule is COc1ccc(CN2CCC(Nc3nc(Cl)nc(Cl)c3Cl)CC2)cc1OCCF. The molecule has 0 atom stereocenters. The van der Waals surface area contributed by atoms with Crippen LogP contribution in [0, 0.1) is 0 Å². The standard InChI is InChI=1S/C19H22Cl3FN4O2/c1-28-14-3-2-12(10-15(14)29-9-6-23)11-27-7-4-13(5-8-27)24-18-16(20)17(21)25-19(22)26-18/h2-3,10,13H,4-9,11H2,1H3,(H,24,25,26). The van der Waals surface area contributed by atoms with E-state index < -0.39 is 6.67 Å². The van der Waals surface area contributed by atoms with Gasteiger partial charge in [-0.1, -0.05) is 29.3 Å². The summed E-state index contributed by atoms with van der Waals surface area (Å²) < 4.78 is 23.2. The molecule has 0 bridgehead atoms. The highest BCUT2D eigenvalue weighted by molar-refractivity contribution is 6.43. The quantitative estimate of drug-likeness (QED) is 0.445. The number of ether oxygens (including phenoxy) is 2. The molecule has 1 N–H and O–H groups in total. The third kappa shape index (κ3) is 5.98. The Morgan fingerprint density at radius 3 is 2.62 bits per heavy atom. The van der Waals surface area contributed by atoms with E-state index in [1.165, 1.54) is 0 Å². The van der Waals surface area contributed by atoms with Crippen LogP contribution in [-0.2, 0) is 6.54 Å². The molecule has 6 nitrogen and oxygen atoms in total. The van der Waals surface area contributed by atoms with Crippen LogP contribution in [0.5, 0.6) is 11.5 Å². The zero-order chi connectivity index (χ0) is 20.8. The Bertz CT molecular complexity index is 835. The number of alkyl halides is 1. The Hall–Kier alpha value is -1.54. The second-order valence-electron chi connectivity index (χ2n) is 6.66. The van der Waals surface area contributed by atoms with E-state index in [1.54, 1.807) is 7.11 Å². The maximum atomic E-state index is 12.4. The monoisotopic (exact) mass is 462 g/mol. The Balaban J connectivity index is 1.56. The number of anilines is 1. The summed E-state index contributed by atoms with van der Waals surface area (Å²) in [7, 11) is 1.57. The highest BCUT2D eigenvalue weighted by atomic mass is 35.5. The van der Waals surface area contributed by atoms with E-state index in [2.05, 4.69) is 20.2 Å². The van der Waals surface area contributed by atoms with Crippen molar-refractivity contribution in [1.29, 1.82) is 0 Å². The lowest BCUT2D eigenvalue weighted by Gasteiger charge is -2.32. The topological polar surface area (TPSA) is 59.5 Å². The predicted molar refractivity (Wildman–Crippen MR) is 113 cm³/mol. The van der Waals surface area contributed by atoms with Crippen molar-refractivity contribution in [2.24, 2.45) is 0 Å². The van der Waals surface area contributed by atoms with E-state index in [4.69, 9.17) is 44.3 Å². The van der Waals surface area contributed by atoms with Crippen molar-refractivity contribution < 1.29 is 13.9 Å². The van der Waals surface area contributed by atoms with Gasteiger partial charge >= 0.3 is 0 Å². The van der Waals surface area contributed by atoms with Crippen molar-refractivity contribution in [3.8, 4) is 11.5 Å². The first-order chi connectivity index (χ1) is 14.0. The minimum Gasteiger partial charge on any atom is -0.493 e. The normalized spacial score (nSPS) is 15.3. The van der Waals surface area contributed by atoms with Gasteiger partial charge < -0.3 is 14.8 Å². The maximum Gasteiger partial charge on any atom is 0.225 e. The summed E-state index contributed by atoms with van der Waals surface area (Å²) >= 11 is 18.0. The molecule has 1 fully saturated rings. The van der Waals surface area contributed by atoms with Crippen LogP contribution in [0.15, 0.2) is 18.2 Å². The Labute approximate surface area is 184 Å². The van der Waals surface area contributed by atoms with Gasteiger partial charge in [0.1, 0.15) is 18.3 Å². The lowest BCUT2D eigenvalue weighted by atomic mass is 10.0. The van der Waals surface area contributed by atoms with Crippen LogP contribution >= 0.6 is 34.8 Å². The van der Waals surface area contributed by atoms with Gasteiger partial charge in [0.2, 0.25) is 5.28 Å². The zero-order valence-electron chi connectivity index (χ0n) is 15.9. The van der Waals surface area contributed by atoms with Gasteiger partial charge in [-0.05, 0) is 42.1 Å². The lowest BCUT2D eigenvalue weighted by molar-refractivity contribution is 0.210. The van der Waals surface area contributed by atoms with Crippen LogP contribution in [0.2, 0.25) is 15.5 Å². The summed E-state index contributed by atoms with van der Waals surface area (Å²) in [5.74, 6) is 1.62. The van der Waals surface area contributed by atoms with Gasteiger partial charge in [-0.2, -0.15) is 4.98 Å². The molecule has 158 valence electrons. The summed E-state index contributed by atoms with van der Waals surface area (Å²) in [6.45, 7) is 2.04. The van der Waals surface area contributed by atoms with Crippen molar-refractivity contribution in [2.45, 2.75) is 25.4 Å². The average molecular weight is 464 g/mol. The zero-order valence-corrected chi connectivity index (χ0v) is 18.2. The fourth-order valence-electron chi connectivity index (χ4n) is 3.26. The number of rotatable bonds is 8. The minimum absolute atomic E-state index is 0.0104. The fraction of sp³-hybridized carbons (Fsp3) is 0.474. The molecule has 0 unspecified atom stereocenters. The van der Waals surface area contributed by atoms with E-state index in [1.807, 2.05) is 18.2 Å². The van der Waals surface area contributed by atoms with E-state index in [0.717, 1.165) is 38.0 Å². The van der Waals surface area contributed by atoms with Gasteiger partial charge in [0.25, 0.3) is 0 Å². The van der Waals surface area contributed by atoms with Gasteiger partial charge in [-0.15, -0.1) is 0 Å². The first-order valence-corrected chi connectivity index (χ1v) is 10.4. The van der Waals surface area contributed by atoms with Crippen LogP contribution in [0.3, 0.4) is 0 Å². The number of likely N-dealkylation sites (tertiary alicyclic amines) is 1. The Morgan fingerprint density at radius 1 is 1.17 bits per heavy atom. The number of halogens is 4. The molecular formula is C19H22Cl3FN4O2. The average Bonchev–Trinajstić information content (AvgIpc) is 2.71. The number of aromatic nitrogens is 2. The third-order valence-electron chi connectivity index (χ3n) is 4.68. The van der Waals surface area contributed by atoms with Crippen LogP contribution in [0.25, 0.3) is 0 Å². The van der Waals surface area contributed by atoms with E-state index in [-0.39, 0.29) is 28.1 Å². The molecule has 1 saturated heterocycles. The predicted octanol–water partition coefficient (Wildman–Crippen LogP) is 4.87. The highest BCUT2D eigenvalue weighted by Gasteiger charge is 2.22. The van der Waals surface area contributed by atoms with Crippen molar-refractivity contribution in [2.75, 3.05) is 38.8 Å². The maximum absolute atomic E-state index is 12.4. The molecule has 3 rings (SSSR count). The van der Waals surface area contributed by atoms with Crippen molar-refractivity contribution in [1.82, 2.24) is 14.9 Å². The number of benzene rings is 1. The van der Waals surface area contributed by atoms with Crippen molar-refractivity contribution >= 4 is 40.6 Å². The van der Waals surface area contributed by atoms with E-state index in [0.29, 0.717) is 17.3 Å². The van der Waals surface area contributed by atoms with Gasteiger partial charge in [-0.25, -0.2) is 9.37 Å². The van der Waals surface area contributed by atoms with Gasteiger partial charge in [0.15, 0.2) is 22.5 Å². The molecular weight excluding hydrogens is 442 g/mol. The molecule has 0 amide bonds. The van der Waals surface area contributed by atoms with Crippen molar-refractivity contribution in [3.63, 3.8) is 0 Å². The number of hydrogen-bond acceptors (Lipinski definition) is 6. The number of piperidine rings is 1. The molecule has 0 radical (unpaired) electrons. The molecule has 1 aliphatic rings. The molecule has 1 aromatic heterocycles. The number of methoxy groups -OCH3 is 1. The summed E-state index contributed by atoms with van der Waals surface area (Å²) in [5, 5.41) is 3.78. The van der Waals surface area contributed by atoms with Crippen LogP contribution in [-0.4, -0.2) is 54.4 Å². The largest absolute Gasteiger partial charge is 0.493 e. The van der Waals surface area contributed by atoms with E-state index >= 15 is 0 Å². The van der Waals surface area contributed by atoms with Gasteiger partial charge in [0.05, 0.1) is 7.11 Å². The molecule has 29 heavy (non-hydrogen) atoms.